The Balaban J connectivity index is 2.46. The van der Waals surface area contributed by atoms with Gasteiger partial charge in [0.1, 0.15) is 6.04 Å². The Kier molecular flexibility index (Phi) is 2.27. The zero-order valence-electron chi connectivity index (χ0n) is 6.39. The lowest BCUT2D eigenvalue weighted by Gasteiger charge is -2.11. The van der Waals surface area contributed by atoms with Crippen molar-refractivity contribution in [3.63, 3.8) is 0 Å². The molecule has 1 heterocycles. The second kappa shape index (κ2) is 3.01. The first-order valence-electron chi connectivity index (χ1n) is 3.57. The second-order valence-corrected chi connectivity index (χ2v) is 2.72. The molecule has 1 saturated heterocycles. The van der Waals surface area contributed by atoms with Crippen molar-refractivity contribution in [2.45, 2.75) is 19.4 Å². The van der Waals surface area contributed by atoms with Crippen LogP contribution in [0.15, 0.2) is 0 Å². The zero-order chi connectivity index (χ0) is 7.56. The first-order chi connectivity index (χ1) is 4.75. The van der Waals surface area contributed by atoms with E-state index in [1.165, 1.54) is 7.11 Å². The third kappa shape index (κ3) is 1.29. The summed E-state index contributed by atoms with van der Waals surface area (Å²) in [5.41, 5.74) is 0. The number of nitrogens with one attached hydrogen (secondary N) is 1. The van der Waals surface area contributed by atoms with Gasteiger partial charge in [0, 0.05) is 0 Å². The van der Waals surface area contributed by atoms with Crippen molar-refractivity contribution in [1.82, 2.24) is 5.32 Å². The highest BCUT2D eigenvalue weighted by Crippen LogP contribution is 2.14. The van der Waals surface area contributed by atoms with Crippen LogP contribution < -0.4 is 5.32 Å². The molecular formula is C7H13NO2. The fourth-order valence-electron chi connectivity index (χ4n) is 1.28. The maximum atomic E-state index is 10.9. The second-order valence-electron chi connectivity index (χ2n) is 2.72. The van der Waals surface area contributed by atoms with E-state index in [1.807, 2.05) is 0 Å². The minimum Gasteiger partial charge on any atom is -0.468 e. The Morgan fingerprint density at radius 1 is 1.70 bits per heavy atom. The van der Waals surface area contributed by atoms with E-state index in [0.29, 0.717) is 5.92 Å². The van der Waals surface area contributed by atoms with Gasteiger partial charge in [0.05, 0.1) is 7.11 Å². The third-order valence-corrected chi connectivity index (χ3v) is 1.99. The van der Waals surface area contributed by atoms with Gasteiger partial charge in [-0.15, -0.1) is 0 Å². The molecule has 0 radical (unpaired) electrons. The van der Waals surface area contributed by atoms with E-state index in [4.69, 9.17) is 0 Å². The van der Waals surface area contributed by atoms with Gasteiger partial charge in [-0.3, -0.25) is 4.79 Å². The first-order valence-corrected chi connectivity index (χ1v) is 3.57. The molecule has 58 valence electrons. The van der Waals surface area contributed by atoms with Crippen molar-refractivity contribution < 1.29 is 9.53 Å². The summed E-state index contributed by atoms with van der Waals surface area (Å²) in [5, 5.41) is 3.08. The third-order valence-electron chi connectivity index (χ3n) is 1.99. The van der Waals surface area contributed by atoms with Crippen molar-refractivity contribution in [1.29, 1.82) is 0 Å². The summed E-state index contributed by atoms with van der Waals surface area (Å²) in [7, 11) is 1.43. The minimum absolute atomic E-state index is 0.0648. The molecule has 1 rings (SSSR count). The van der Waals surface area contributed by atoms with Crippen LogP contribution in [0.25, 0.3) is 0 Å². The standard InChI is InChI=1S/C7H13NO2/c1-5-3-4-8-6(5)7(9)10-2/h5-6,8H,3-4H2,1-2H3/t5-,6-/m0/s1. The van der Waals surface area contributed by atoms with E-state index in [9.17, 15) is 4.79 Å². The Morgan fingerprint density at radius 2 is 2.40 bits per heavy atom. The molecule has 0 bridgehead atoms. The Morgan fingerprint density at radius 3 is 2.80 bits per heavy atom. The molecule has 0 spiro atoms. The van der Waals surface area contributed by atoms with E-state index in [1.54, 1.807) is 0 Å². The maximum absolute atomic E-state index is 10.9. The van der Waals surface area contributed by atoms with E-state index in [-0.39, 0.29) is 12.0 Å². The summed E-state index contributed by atoms with van der Waals surface area (Å²) in [6, 6.07) is -0.0648. The highest BCUT2D eigenvalue weighted by molar-refractivity contribution is 5.76. The molecule has 1 aliphatic rings. The van der Waals surface area contributed by atoms with Gasteiger partial charge in [-0.05, 0) is 18.9 Å². The topological polar surface area (TPSA) is 38.3 Å². The van der Waals surface area contributed by atoms with Crippen molar-refractivity contribution >= 4 is 5.97 Å². The van der Waals surface area contributed by atoms with Crippen LogP contribution >= 0.6 is 0 Å². The molecule has 0 amide bonds. The molecule has 3 nitrogen and oxygen atoms in total. The average Bonchev–Trinajstić information content (AvgIpc) is 2.34. The number of hydrogen-bond donors (Lipinski definition) is 1. The lowest BCUT2D eigenvalue weighted by atomic mass is 10.0. The fourth-order valence-corrected chi connectivity index (χ4v) is 1.28. The highest BCUT2D eigenvalue weighted by Gasteiger charge is 2.29. The SMILES string of the molecule is COC(=O)[C@H]1NCC[C@@H]1C. The van der Waals surface area contributed by atoms with E-state index in [2.05, 4.69) is 17.0 Å². The van der Waals surface area contributed by atoms with Gasteiger partial charge in [-0.25, -0.2) is 0 Å². The number of methoxy groups -OCH3 is 1. The minimum atomic E-state index is -0.134. The van der Waals surface area contributed by atoms with Gasteiger partial charge >= 0.3 is 5.97 Å². The zero-order valence-corrected chi connectivity index (χ0v) is 6.39. The molecule has 1 fully saturated rings. The molecule has 0 unspecified atom stereocenters. The lowest BCUT2D eigenvalue weighted by Crippen LogP contribution is -2.35. The number of carbonyl (C=O) groups is 1. The van der Waals surface area contributed by atoms with Crippen molar-refractivity contribution in [3.8, 4) is 0 Å². The predicted octanol–water partition coefficient (Wildman–Crippen LogP) is 0.157. The van der Waals surface area contributed by atoms with Crippen LogP contribution in [-0.2, 0) is 9.53 Å². The van der Waals surface area contributed by atoms with Gasteiger partial charge in [-0.2, -0.15) is 0 Å². The molecule has 0 aliphatic carbocycles. The number of hydrogen-bond acceptors (Lipinski definition) is 3. The van der Waals surface area contributed by atoms with Crippen LogP contribution in [0.2, 0.25) is 0 Å². The van der Waals surface area contributed by atoms with E-state index >= 15 is 0 Å². The van der Waals surface area contributed by atoms with E-state index < -0.39 is 0 Å². The average molecular weight is 143 g/mol. The molecule has 0 aromatic heterocycles. The molecule has 2 atom stereocenters. The van der Waals surface area contributed by atoms with Gasteiger partial charge in [0.15, 0.2) is 0 Å². The Hall–Kier alpha value is -0.570. The number of ether oxygens (including phenoxy) is 1. The number of rotatable bonds is 1. The van der Waals surface area contributed by atoms with Crippen LogP contribution in [0, 0.1) is 5.92 Å². The van der Waals surface area contributed by atoms with Crippen LogP contribution in [0.1, 0.15) is 13.3 Å². The summed E-state index contributed by atoms with van der Waals surface area (Å²) >= 11 is 0. The monoisotopic (exact) mass is 143 g/mol. The van der Waals surface area contributed by atoms with Gasteiger partial charge in [0.2, 0.25) is 0 Å². The largest absolute Gasteiger partial charge is 0.468 e. The van der Waals surface area contributed by atoms with Crippen molar-refractivity contribution in [2.24, 2.45) is 5.92 Å². The molecular weight excluding hydrogens is 130 g/mol. The summed E-state index contributed by atoms with van der Waals surface area (Å²) in [5.74, 6) is 0.289. The van der Waals surface area contributed by atoms with Gasteiger partial charge in [0.25, 0.3) is 0 Å². The van der Waals surface area contributed by atoms with Crippen molar-refractivity contribution in [3.05, 3.63) is 0 Å². The van der Waals surface area contributed by atoms with Crippen LogP contribution in [0.4, 0.5) is 0 Å². The lowest BCUT2D eigenvalue weighted by molar-refractivity contribution is -0.143. The maximum Gasteiger partial charge on any atom is 0.323 e. The fraction of sp³-hybridized carbons (Fsp3) is 0.857. The number of esters is 1. The molecule has 3 heteroatoms. The molecule has 0 aromatic rings. The van der Waals surface area contributed by atoms with E-state index in [0.717, 1.165) is 13.0 Å². The van der Waals surface area contributed by atoms with Crippen LogP contribution in [0.3, 0.4) is 0 Å². The highest BCUT2D eigenvalue weighted by atomic mass is 16.5. The van der Waals surface area contributed by atoms with Gasteiger partial charge in [-0.1, -0.05) is 6.92 Å². The van der Waals surface area contributed by atoms with Crippen molar-refractivity contribution in [2.75, 3.05) is 13.7 Å². The number of carbonyl (C=O) groups excluding carboxylic acids is 1. The quantitative estimate of drug-likeness (QED) is 0.531. The molecule has 10 heavy (non-hydrogen) atoms. The normalized spacial score (nSPS) is 32.2. The Bertz CT molecular complexity index is 136. The summed E-state index contributed by atoms with van der Waals surface area (Å²) in [6.07, 6.45) is 1.07. The smallest absolute Gasteiger partial charge is 0.323 e. The summed E-state index contributed by atoms with van der Waals surface area (Å²) < 4.78 is 4.60. The van der Waals surface area contributed by atoms with Gasteiger partial charge < -0.3 is 10.1 Å². The molecule has 0 aromatic carbocycles. The molecule has 1 aliphatic heterocycles. The first kappa shape index (κ1) is 7.54. The van der Waals surface area contributed by atoms with Crippen LogP contribution in [0.5, 0.6) is 0 Å². The predicted molar refractivity (Wildman–Crippen MR) is 37.6 cm³/mol. The van der Waals surface area contributed by atoms with Crippen LogP contribution in [-0.4, -0.2) is 25.7 Å². The molecule has 0 saturated carbocycles. The summed E-state index contributed by atoms with van der Waals surface area (Å²) in [6.45, 7) is 2.99. The summed E-state index contributed by atoms with van der Waals surface area (Å²) in [4.78, 5) is 10.9. The molecule has 1 N–H and O–H groups in total. The Labute approximate surface area is 60.7 Å².